The maximum Gasteiger partial charge on any atom is 0.225 e. The lowest BCUT2D eigenvalue weighted by Gasteiger charge is -2.31. The number of piperidine rings is 1. The van der Waals surface area contributed by atoms with Gasteiger partial charge >= 0.3 is 0 Å². The van der Waals surface area contributed by atoms with Gasteiger partial charge in [0.25, 0.3) is 0 Å². The molecule has 1 aromatic heterocycles. The van der Waals surface area contributed by atoms with Crippen molar-refractivity contribution in [3.63, 3.8) is 0 Å². The molecule has 3 heterocycles. The van der Waals surface area contributed by atoms with Gasteiger partial charge < -0.3 is 10.2 Å². The largest absolute Gasteiger partial charge is 0.354 e. The van der Waals surface area contributed by atoms with E-state index in [2.05, 4.69) is 32.0 Å². The average molecular weight is 317 g/mol. The van der Waals surface area contributed by atoms with Gasteiger partial charge in [0.05, 0.1) is 0 Å². The highest BCUT2D eigenvalue weighted by molar-refractivity contribution is 5.79. The smallest absolute Gasteiger partial charge is 0.225 e. The van der Waals surface area contributed by atoms with Gasteiger partial charge in [-0.1, -0.05) is 6.92 Å². The van der Waals surface area contributed by atoms with E-state index in [1.54, 1.807) is 12.4 Å². The molecule has 2 fully saturated rings. The van der Waals surface area contributed by atoms with Crippen LogP contribution < -0.4 is 10.2 Å². The normalized spacial score (nSPS) is 23.2. The molecule has 1 atom stereocenters. The van der Waals surface area contributed by atoms with E-state index >= 15 is 0 Å². The highest BCUT2D eigenvalue weighted by Crippen LogP contribution is 2.21. The van der Waals surface area contributed by atoms with E-state index in [9.17, 15) is 4.79 Å². The number of carbonyl (C=O) groups excluding carboxylic acids is 1. The van der Waals surface area contributed by atoms with E-state index in [1.165, 1.54) is 19.4 Å². The number of likely N-dealkylation sites (N-methyl/N-ethyl adjacent to an activating group) is 1. The van der Waals surface area contributed by atoms with Crippen molar-refractivity contribution in [2.24, 2.45) is 5.92 Å². The summed E-state index contributed by atoms with van der Waals surface area (Å²) >= 11 is 0. The minimum Gasteiger partial charge on any atom is -0.354 e. The molecule has 0 saturated carbocycles. The van der Waals surface area contributed by atoms with Crippen molar-refractivity contribution in [1.82, 2.24) is 20.2 Å². The molecule has 1 N–H and O–H groups in total. The van der Waals surface area contributed by atoms with Gasteiger partial charge in [0.2, 0.25) is 11.9 Å². The zero-order chi connectivity index (χ0) is 16.1. The van der Waals surface area contributed by atoms with Crippen LogP contribution in [0.3, 0.4) is 0 Å². The summed E-state index contributed by atoms with van der Waals surface area (Å²) in [6.07, 6.45) is 7.75. The first-order valence-corrected chi connectivity index (χ1v) is 8.81. The number of anilines is 1. The summed E-state index contributed by atoms with van der Waals surface area (Å²) in [4.78, 5) is 25.6. The number of hydrogen-bond acceptors (Lipinski definition) is 5. The van der Waals surface area contributed by atoms with Gasteiger partial charge in [-0.15, -0.1) is 0 Å². The average Bonchev–Trinajstić information content (AvgIpc) is 3.08. The van der Waals surface area contributed by atoms with Crippen LogP contribution in [0.2, 0.25) is 0 Å². The molecule has 126 valence electrons. The Morgan fingerprint density at radius 1 is 1.22 bits per heavy atom. The first kappa shape index (κ1) is 16.2. The lowest BCUT2D eigenvalue weighted by atomic mass is 9.96. The molecule has 0 unspecified atom stereocenters. The van der Waals surface area contributed by atoms with Crippen LogP contribution >= 0.6 is 0 Å². The molecule has 0 spiro atoms. The minimum absolute atomic E-state index is 0.131. The predicted octanol–water partition coefficient (Wildman–Crippen LogP) is 1.29. The number of nitrogens with zero attached hydrogens (tertiary/aromatic N) is 4. The quantitative estimate of drug-likeness (QED) is 0.887. The number of rotatable bonds is 5. The Bertz CT molecular complexity index is 501. The minimum atomic E-state index is 0.131. The fourth-order valence-electron chi connectivity index (χ4n) is 3.70. The van der Waals surface area contributed by atoms with Gasteiger partial charge in [0, 0.05) is 44.0 Å². The van der Waals surface area contributed by atoms with Crippen LogP contribution in [-0.2, 0) is 4.79 Å². The second-order valence-electron chi connectivity index (χ2n) is 6.48. The van der Waals surface area contributed by atoms with Gasteiger partial charge in [-0.05, 0) is 44.8 Å². The first-order chi connectivity index (χ1) is 11.3. The monoisotopic (exact) mass is 317 g/mol. The summed E-state index contributed by atoms with van der Waals surface area (Å²) in [5.74, 6) is 1.13. The molecule has 3 rings (SSSR count). The summed E-state index contributed by atoms with van der Waals surface area (Å²) in [6.45, 7) is 6.96. The molecule has 0 aromatic carbocycles. The fraction of sp³-hybridized carbons (Fsp3) is 0.706. The lowest BCUT2D eigenvalue weighted by Crippen LogP contribution is -2.45. The molecule has 0 bridgehead atoms. The zero-order valence-electron chi connectivity index (χ0n) is 13.9. The third-order valence-electron chi connectivity index (χ3n) is 5.12. The molecule has 23 heavy (non-hydrogen) atoms. The van der Waals surface area contributed by atoms with Crippen molar-refractivity contribution in [2.75, 3.05) is 37.6 Å². The van der Waals surface area contributed by atoms with Crippen LogP contribution in [0.25, 0.3) is 0 Å². The van der Waals surface area contributed by atoms with Crippen molar-refractivity contribution < 1.29 is 4.79 Å². The molecule has 2 aliphatic rings. The van der Waals surface area contributed by atoms with Crippen molar-refractivity contribution in [3.05, 3.63) is 18.5 Å². The van der Waals surface area contributed by atoms with Gasteiger partial charge in [-0.25, -0.2) is 9.97 Å². The standard InChI is InChI=1S/C17H27N5O/c1-2-21-10-3-5-15(21)13-20-16(23)14-6-11-22(12-7-14)17-18-8-4-9-19-17/h4,8-9,14-15H,2-3,5-7,10-13H2,1H3,(H,20,23)/t15-/m1/s1. The second-order valence-corrected chi connectivity index (χ2v) is 6.48. The Kier molecular flexibility index (Phi) is 5.43. The third kappa shape index (κ3) is 3.99. The fourth-order valence-corrected chi connectivity index (χ4v) is 3.70. The Morgan fingerprint density at radius 3 is 2.65 bits per heavy atom. The number of hydrogen-bond donors (Lipinski definition) is 1. The number of amides is 1. The number of aromatic nitrogens is 2. The second kappa shape index (κ2) is 7.73. The molecular formula is C17H27N5O. The summed E-state index contributed by atoms with van der Waals surface area (Å²) in [5, 5.41) is 3.18. The van der Waals surface area contributed by atoms with Gasteiger partial charge in [-0.2, -0.15) is 0 Å². The molecule has 6 heteroatoms. The van der Waals surface area contributed by atoms with Gasteiger partial charge in [0.1, 0.15) is 0 Å². The van der Waals surface area contributed by atoms with Crippen LogP contribution in [-0.4, -0.2) is 59.5 Å². The van der Waals surface area contributed by atoms with Crippen molar-refractivity contribution >= 4 is 11.9 Å². The Hall–Kier alpha value is -1.69. The molecule has 6 nitrogen and oxygen atoms in total. The molecule has 1 aromatic rings. The number of nitrogens with one attached hydrogen (secondary N) is 1. The highest BCUT2D eigenvalue weighted by Gasteiger charge is 2.28. The maximum absolute atomic E-state index is 12.4. The van der Waals surface area contributed by atoms with E-state index in [4.69, 9.17) is 0 Å². The van der Waals surface area contributed by atoms with Crippen molar-refractivity contribution in [1.29, 1.82) is 0 Å². The number of carbonyl (C=O) groups is 1. The first-order valence-electron chi connectivity index (χ1n) is 8.81. The predicted molar refractivity (Wildman–Crippen MR) is 90.2 cm³/mol. The zero-order valence-corrected chi connectivity index (χ0v) is 13.9. The summed E-state index contributed by atoms with van der Waals surface area (Å²) in [5.41, 5.74) is 0. The van der Waals surface area contributed by atoms with Crippen LogP contribution in [0.5, 0.6) is 0 Å². The molecule has 1 amide bonds. The Morgan fingerprint density at radius 2 is 1.96 bits per heavy atom. The molecular weight excluding hydrogens is 290 g/mol. The summed E-state index contributed by atoms with van der Waals surface area (Å²) in [7, 11) is 0. The summed E-state index contributed by atoms with van der Waals surface area (Å²) in [6, 6.07) is 2.36. The van der Waals surface area contributed by atoms with E-state index in [0.29, 0.717) is 6.04 Å². The SMILES string of the molecule is CCN1CCC[C@@H]1CNC(=O)C1CCN(c2ncccn2)CC1. The molecule has 0 radical (unpaired) electrons. The van der Waals surface area contributed by atoms with E-state index in [-0.39, 0.29) is 11.8 Å². The van der Waals surface area contributed by atoms with Crippen molar-refractivity contribution in [2.45, 2.75) is 38.6 Å². The summed E-state index contributed by atoms with van der Waals surface area (Å²) < 4.78 is 0. The lowest BCUT2D eigenvalue weighted by molar-refractivity contribution is -0.125. The molecule has 2 aliphatic heterocycles. The Balaban J connectivity index is 1.43. The van der Waals surface area contributed by atoms with Crippen LogP contribution in [0.1, 0.15) is 32.6 Å². The van der Waals surface area contributed by atoms with Crippen molar-refractivity contribution in [3.8, 4) is 0 Å². The topological polar surface area (TPSA) is 61.4 Å². The van der Waals surface area contributed by atoms with Gasteiger partial charge in [0.15, 0.2) is 0 Å². The van der Waals surface area contributed by atoms with Crippen LogP contribution in [0, 0.1) is 5.92 Å². The Labute approximate surface area is 138 Å². The van der Waals surface area contributed by atoms with Crippen LogP contribution in [0.15, 0.2) is 18.5 Å². The van der Waals surface area contributed by atoms with Crippen LogP contribution in [0.4, 0.5) is 5.95 Å². The molecule has 2 saturated heterocycles. The van der Waals surface area contributed by atoms with E-state index in [1.807, 2.05) is 6.07 Å². The molecule has 0 aliphatic carbocycles. The van der Waals surface area contributed by atoms with E-state index in [0.717, 1.165) is 45.0 Å². The highest BCUT2D eigenvalue weighted by atomic mass is 16.1. The third-order valence-corrected chi connectivity index (χ3v) is 5.12. The number of likely N-dealkylation sites (tertiary alicyclic amines) is 1. The maximum atomic E-state index is 12.4. The van der Waals surface area contributed by atoms with E-state index < -0.39 is 0 Å². The van der Waals surface area contributed by atoms with Gasteiger partial charge in [-0.3, -0.25) is 9.69 Å².